The summed E-state index contributed by atoms with van der Waals surface area (Å²) in [7, 11) is 0. The van der Waals surface area contributed by atoms with Crippen molar-refractivity contribution in [1.29, 1.82) is 0 Å². The van der Waals surface area contributed by atoms with Crippen molar-refractivity contribution in [1.82, 2.24) is 9.55 Å². The standard InChI is InChI=1S/C13H14N2O2/c1-10-3-5-12(6-4-10)13-7-14-8-15(13)11(2)17-9-16/h3-9,11H,1-2H3. The predicted molar refractivity (Wildman–Crippen MR) is 64.3 cm³/mol. The molecule has 0 fully saturated rings. The third-order valence-corrected chi connectivity index (χ3v) is 2.66. The fraction of sp³-hybridized carbons (Fsp3) is 0.231. The van der Waals surface area contributed by atoms with Gasteiger partial charge in [-0.2, -0.15) is 0 Å². The fourth-order valence-corrected chi connectivity index (χ4v) is 1.69. The smallest absolute Gasteiger partial charge is 0.295 e. The maximum atomic E-state index is 10.3. The van der Waals surface area contributed by atoms with Crippen molar-refractivity contribution in [2.24, 2.45) is 0 Å². The Kier molecular flexibility index (Phi) is 3.23. The Morgan fingerprint density at radius 2 is 2.06 bits per heavy atom. The van der Waals surface area contributed by atoms with Gasteiger partial charge in [-0.15, -0.1) is 0 Å². The number of hydrogen-bond acceptors (Lipinski definition) is 3. The molecule has 2 rings (SSSR count). The molecule has 88 valence electrons. The number of aromatic nitrogens is 2. The number of rotatable bonds is 4. The molecule has 0 saturated heterocycles. The van der Waals surface area contributed by atoms with Crippen molar-refractivity contribution in [3.63, 3.8) is 0 Å². The second-order valence-corrected chi connectivity index (χ2v) is 3.88. The van der Waals surface area contributed by atoms with E-state index in [4.69, 9.17) is 4.74 Å². The van der Waals surface area contributed by atoms with Crippen LogP contribution in [-0.2, 0) is 9.53 Å². The zero-order chi connectivity index (χ0) is 12.3. The van der Waals surface area contributed by atoms with Gasteiger partial charge in [0, 0.05) is 0 Å². The lowest BCUT2D eigenvalue weighted by molar-refractivity contribution is -0.136. The summed E-state index contributed by atoms with van der Waals surface area (Å²) in [5.74, 6) is 0. The third kappa shape index (κ3) is 2.36. The molecule has 1 aromatic carbocycles. The average Bonchev–Trinajstić information content (AvgIpc) is 2.79. The largest absolute Gasteiger partial charge is 0.444 e. The number of ether oxygens (including phenoxy) is 1. The Morgan fingerprint density at radius 3 is 2.71 bits per heavy atom. The van der Waals surface area contributed by atoms with Gasteiger partial charge in [0.15, 0.2) is 6.23 Å². The normalized spacial score (nSPS) is 12.1. The van der Waals surface area contributed by atoms with E-state index in [9.17, 15) is 4.79 Å². The summed E-state index contributed by atoms with van der Waals surface area (Å²) >= 11 is 0. The number of nitrogens with zero attached hydrogens (tertiary/aromatic N) is 2. The molecule has 1 heterocycles. The minimum absolute atomic E-state index is 0.355. The molecule has 1 unspecified atom stereocenters. The summed E-state index contributed by atoms with van der Waals surface area (Å²) in [6.07, 6.45) is 3.06. The highest BCUT2D eigenvalue weighted by atomic mass is 16.5. The maximum absolute atomic E-state index is 10.3. The maximum Gasteiger partial charge on any atom is 0.295 e. The molecule has 0 aliphatic carbocycles. The molecule has 1 aromatic heterocycles. The van der Waals surface area contributed by atoms with Crippen LogP contribution in [-0.4, -0.2) is 16.0 Å². The van der Waals surface area contributed by atoms with Gasteiger partial charge in [-0.3, -0.25) is 9.36 Å². The van der Waals surface area contributed by atoms with Crippen LogP contribution >= 0.6 is 0 Å². The van der Waals surface area contributed by atoms with Crippen molar-refractivity contribution in [2.75, 3.05) is 0 Å². The van der Waals surface area contributed by atoms with Gasteiger partial charge in [0.1, 0.15) is 0 Å². The first-order valence-corrected chi connectivity index (χ1v) is 5.40. The minimum Gasteiger partial charge on any atom is -0.444 e. The lowest BCUT2D eigenvalue weighted by Crippen LogP contribution is -2.08. The van der Waals surface area contributed by atoms with E-state index in [2.05, 4.69) is 4.98 Å². The molecule has 1 atom stereocenters. The number of carbonyl (C=O) groups excluding carboxylic acids is 1. The molecule has 0 saturated carbocycles. The van der Waals surface area contributed by atoms with Crippen LogP contribution in [0.4, 0.5) is 0 Å². The van der Waals surface area contributed by atoms with Gasteiger partial charge < -0.3 is 4.74 Å². The second kappa shape index (κ2) is 4.82. The van der Waals surface area contributed by atoms with E-state index in [1.807, 2.05) is 35.8 Å². The molecule has 0 aliphatic rings. The van der Waals surface area contributed by atoms with E-state index in [1.54, 1.807) is 19.4 Å². The van der Waals surface area contributed by atoms with E-state index in [1.165, 1.54) is 5.56 Å². The van der Waals surface area contributed by atoms with E-state index >= 15 is 0 Å². The molecule has 0 aliphatic heterocycles. The van der Waals surface area contributed by atoms with E-state index < -0.39 is 0 Å². The zero-order valence-electron chi connectivity index (χ0n) is 9.83. The number of imidazole rings is 1. The van der Waals surface area contributed by atoms with Crippen LogP contribution in [0, 0.1) is 6.92 Å². The highest BCUT2D eigenvalue weighted by Crippen LogP contribution is 2.22. The van der Waals surface area contributed by atoms with Crippen LogP contribution in [0.3, 0.4) is 0 Å². The van der Waals surface area contributed by atoms with Gasteiger partial charge in [0.05, 0.1) is 18.2 Å². The molecule has 2 aromatic rings. The van der Waals surface area contributed by atoms with Crippen LogP contribution in [0.25, 0.3) is 11.3 Å². The lowest BCUT2D eigenvalue weighted by atomic mass is 10.1. The SMILES string of the molecule is Cc1ccc(-c2cncn2C(C)OC=O)cc1. The molecule has 0 spiro atoms. The van der Waals surface area contributed by atoms with Gasteiger partial charge >= 0.3 is 0 Å². The molecule has 0 bridgehead atoms. The first kappa shape index (κ1) is 11.4. The van der Waals surface area contributed by atoms with Crippen molar-refractivity contribution in [3.8, 4) is 11.3 Å². The quantitative estimate of drug-likeness (QED) is 0.758. The molecule has 4 heteroatoms. The number of hydrogen-bond donors (Lipinski definition) is 0. The molecular weight excluding hydrogens is 216 g/mol. The highest BCUT2D eigenvalue weighted by Gasteiger charge is 2.10. The van der Waals surface area contributed by atoms with E-state index in [0.717, 1.165) is 11.3 Å². The topological polar surface area (TPSA) is 44.1 Å². The Balaban J connectivity index is 2.36. The number of carbonyl (C=O) groups is 1. The molecular formula is C13H14N2O2. The Morgan fingerprint density at radius 1 is 1.35 bits per heavy atom. The third-order valence-electron chi connectivity index (χ3n) is 2.66. The summed E-state index contributed by atoms with van der Waals surface area (Å²) in [5.41, 5.74) is 3.19. The van der Waals surface area contributed by atoms with Crippen LogP contribution in [0.1, 0.15) is 18.7 Å². The van der Waals surface area contributed by atoms with Crippen LogP contribution < -0.4 is 0 Å². The summed E-state index contributed by atoms with van der Waals surface area (Å²) in [6.45, 7) is 4.29. The Hall–Kier alpha value is -2.10. The number of benzene rings is 1. The van der Waals surface area contributed by atoms with Gasteiger partial charge in [0.25, 0.3) is 6.47 Å². The Labute approximate surface area is 99.9 Å². The van der Waals surface area contributed by atoms with Crippen molar-refractivity contribution in [3.05, 3.63) is 42.4 Å². The zero-order valence-corrected chi connectivity index (χ0v) is 9.83. The van der Waals surface area contributed by atoms with Crippen LogP contribution in [0.2, 0.25) is 0 Å². The lowest BCUT2D eigenvalue weighted by Gasteiger charge is -2.14. The Bertz CT molecular complexity index is 502. The van der Waals surface area contributed by atoms with Gasteiger partial charge in [-0.05, 0) is 19.4 Å². The fourth-order valence-electron chi connectivity index (χ4n) is 1.69. The van der Waals surface area contributed by atoms with Crippen molar-refractivity contribution in [2.45, 2.75) is 20.1 Å². The van der Waals surface area contributed by atoms with Crippen molar-refractivity contribution < 1.29 is 9.53 Å². The summed E-state index contributed by atoms with van der Waals surface area (Å²) in [5, 5.41) is 0. The highest BCUT2D eigenvalue weighted by molar-refractivity contribution is 5.59. The van der Waals surface area contributed by atoms with Gasteiger partial charge in [0.2, 0.25) is 0 Å². The average molecular weight is 230 g/mol. The van der Waals surface area contributed by atoms with Crippen molar-refractivity contribution >= 4 is 6.47 Å². The first-order valence-electron chi connectivity index (χ1n) is 5.40. The van der Waals surface area contributed by atoms with Gasteiger partial charge in [-0.25, -0.2) is 4.98 Å². The molecule has 4 nitrogen and oxygen atoms in total. The van der Waals surface area contributed by atoms with Crippen LogP contribution in [0.5, 0.6) is 0 Å². The van der Waals surface area contributed by atoms with Crippen LogP contribution in [0.15, 0.2) is 36.8 Å². The molecule has 0 amide bonds. The summed E-state index contributed by atoms with van der Waals surface area (Å²) < 4.78 is 6.73. The number of aryl methyl sites for hydroxylation is 1. The summed E-state index contributed by atoms with van der Waals surface area (Å²) in [6, 6.07) is 8.13. The monoisotopic (exact) mass is 230 g/mol. The molecule has 17 heavy (non-hydrogen) atoms. The van der Waals surface area contributed by atoms with E-state index in [0.29, 0.717) is 6.47 Å². The second-order valence-electron chi connectivity index (χ2n) is 3.88. The summed E-state index contributed by atoms with van der Waals surface area (Å²) in [4.78, 5) is 14.4. The minimum atomic E-state index is -0.355. The first-order chi connectivity index (χ1) is 8.22. The molecule has 0 N–H and O–H groups in total. The van der Waals surface area contributed by atoms with Gasteiger partial charge in [-0.1, -0.05) is 29.8 Å². The predicted octanol–water partition coefficient (Wildman–Crippen LogP) is 2.55. The molecule has 0 radical (unpaired) electrons. The van der Waals surface area contributed by atoms with E-state index in [-0.39, 0.29) is 6.23 Å².